The predicted molar refractivity (Wildman–Crippen MR) is 76.8 cm³/mol. The lowest BCUT2D eigenvalue weighted by Crippen LogP contribution is -2.15. The summed E-state index contributed by atoms with van der Waals surface area (Å²) in [6, 6.07) is 10.9. The second kappa shape index (κ2) is 5.63. The minimum absolute atomic E-state index is 0.209. The molecule has 2 aromatic rings. The van der Waals surface area contributed by atoms with Crippen molar-refractivity contribution in [1.29, 1.82) is 0 Å². The van der Waals surface area contributed by atoms with Gasteiger partial charge >= 0.3 is 0 Å². The minimum atomic E-state index is -0.381. The van der Waals surface area contributed by atoms with Gasteiger partial charge in [-0.05, 0) is 36.8 Å². The van der Waals surface area contributed by atoms with E-state index in [1.165, 1.54) is 18.2 Å². The zero-order valence-corrected chi connectivity index (χ0v) is 11.0. The lowest BCUT2D eigenvalue weighted by Gasteiger charge is -2.13. The fourth-order valence-corrected chi connectivity index (χ4v) is 1.87. The summed E-state index contributed by atoms with van der Waals surface area (Å²) in [4.78, 5) is 12.1. The van der Waals surface area contributed by atoms with Crippen molar-refractivity contribution in [3.63, 3.8) is 0 Å². The van der Waals surface area contributed by atoms with Crippen LogP contribution in [0.25, 0.3) is 0 Å². The number of benzene rings is 2. The van der Waals surface area contributed by atoms with Crippen molar-refractivity contribution in [3.05, 3.63) is 53.6 Å². The van der Waals surface area contributed by atoms with Crippen LogP contribution >= 0.6 is 0 Å². The Morgan fingerprint density at radius 1 is 1.15 bits per heavy atom. The normalized spacial score (nSPS) is 11.9. The third kappa shape index (κ3) is 2.89. The Labute approximate surface area is 116 Å². The number of hydrogen-bond donors (Lipinski definition) is 4. The third-order valence-corrected chi connectivity index (χ3v) is 2.94. The van der Waals surface area contributed by atoms with Crippen LogP contribution in [-0.2, 0) is 0 Å². The number of nitrogens with two attached hydrogens (primary N) is 1. The Bertz CT molecular complexity index is 639. The number of carbonyl (C=O) groups is 1. The highest BCUT2D eigenvalue weighted by Crippen LogP contribution is 2.26. The van der Waals surface area contributed by atoms with Crippen LogP contribution in [0.5, 0.6) is 11.5 Å². The lowest BCUT2D eigenvalue weighted by atomic mass is 10.1. The maximum absolute atomic E-state index is 12.1. The smallest absolute Gasteiger partial charge is 0.255 e. The average Bonchev–Trinajstić information content (AvgIpc) is 2.42. The topological polar surface area (TPSA) is 95.6 Å². The van der Waals surface area contributed by atoms with Crippen LogP contribution in [0.1, 0.15) is 28.9 Å². The lowest BCUT2D eigenvalue weighted by molar-refractivity contribution is 0.102. The molecule has 5 heteroatoms. The molecule has 0 saturated carbocycles. The molecular formula is C15H16N2O3. The van der Waals surface area contributed by atoms with E-state index in [2.05, 4.69) is 5.32 Å². The van der Waals surface area contributed by atoms with Crippen LogP contribution in [0.4, 0.5) is 5.69 Å². The highest BCUT2D eigenvalue weighted by Gasteiger charge is 2.12. The van der Waals surface area contributed by atoms with Crippen molar-refractivity contribution in [2.45, 2.75) is 13.0 Å². The van der Waals surface area contributed by atoms with E-state index >= 15 is 0 Å². The van der Waals surface area contributed by atoms with Gasteiger partial charge in [0.1, 0.15) is 0 Å². The molecule has 1 unspecified atom stereocenters. The number of rotatable bonds is 3. The molecule has 1 atom stereocenters. The Morgan fingerprint density at radius 2 is 1.85 bits per heavy atom. The van der Waals surface area contributed by atoms with Gasteiger partial charge in [-0.2, -0.15) is 0 Å². The predicted octanol–water partition coefficient (Wildman–Crippen LogP) is 2.37. The number of carbonyl (C=O) groups excluding carboxylic acids is 1. The maximum Gasteiger partial charge on any atom is 0.255 e. The van der Waals surface area contributed by atoms with E-state index in [1.807, 2.05) is 19.1 Å². The van der Waals surface area contributed by atoms with Gasteiger partial charge in [0.2, 0.25) is 0 Å². The Kier molecular flexibility index (Phi) is 3.91. The second-order valence-electron chi connectivity index (χ2n) is 4.53. The van der Waals surface area contributed by atoms with Crippen molar-refractivity contribution in [2.75, 3.05) is 5.32 Å². The number of nitrogens with one attached hydrogen (secondary N) is 1. The fourth-order valence-electron chi connectivity index (χ4n) is 1.87. The van der Waals surface area contributed by atoms with Crippen molar-refractivity contribution >= 4 is 11.6 Å². The van der Waals surface area contributed by atoms with Gasteiger partial charge in [0, 0.05) is 17.3 Å². The van der Waals surface area contributed by atoms with E-state index in [0.29, 0.717) is 5.69 Å². The van der Waals surface area contributed by atoms with Crippen LogP contribution in [0, 0.1) is 0 Å². The Morgan fingerprint density at radius 3 is 2.50 bits per heavy atom. The molecule has 0 aliphatic rings. The number of amides is 1. The second-order valence-corrected chi connectivity index (χ2v) is 4.53. The Hall–Kier alpha value is -2.53. The van der Waals surface area contributed by atoms with Gasteiger partial charge in [0.25, 0.3) is 5.91 Å². The van der Waals surface area contributed by atoms with E-state index in [0.717, 1.165) is 5.56 Å². The molecule has 5 N–H and O–H groups in total. The zero-order chi connectivity index (χ0) is 14.7. The minimum Gasteiger partial charge on any atom is -0.504 e. The molecule has 0 aliphatic carbocycles. The highest BCUT2D eigenvalue weighted by molar-refractivity contribution is 6.05. The molecule has 2 rings (SSSR count). The van der Waals surface area contributed by atoms with Crippen LogP contribution in [0.3, 0.4) is 0 Å². The van der Waals surface area contributed by atoms with E-state index in [9.17, 15) is 15.0 Å². The molecule has 0 fully saturated rings. The van der Waals surface area contributed by atoms with Gasteiger partial charge in [-0.1, -0.05) is 18.2 Å². The molecule has 0 aromatic heterocycles. The van der Waals surface area contributed by atoms with Gasteiger partial charge in [-0.15, -0.1) is 0 Å². The molecule has 0 saturated heterocycles. The summed E-state index contributed by atoms with van der Waals surface area (Å²) in [5.74, 6) is -0.982. The SMILES string of the molecule is CC(N)c1ccccc1NC(=O)c1ccc(O)c(O)c1. The molecular weight excluding hydrogens is 256 g/mol. The monoisotopic (exact) mass is 272 g/mol. The summed E-state index contributed by atoms with van der Waals surface area (Å²) in [5, 5.41) is 21.4. The summed E-state index contributed by atoms with van der Waals surface area (Å²) < 4.78 is 0. The van der Waals surface area contributed by atoms with Gasteiger partial charge in [-0.3, -0.25) is 4.79 Å². The van der Waals surface area contributed by atoms with Gasteiger partial charge in [0.15, 0.2) is 11.5 Å². The number of phenols is 2. The largest absolute Gasteiger partial charge is 0.504 e. The summed E-state index contributed by atoms with van der Waals surface area (Å²) in [5.41, 5.74) is 7.55. The molecule has 1 amide bonds. The maximum atomic E-state index is 12.1. The average molecular weight is 272 g/mol. The molecule has 0 spiro atoms. The van der Waals surface area contributed by atoms with E-state index in [1.54, 1.807) is 12.1 Å². The van der Waals surface area contributed by atoms with E-state index in [-0.39, 0.29) is 29.0 Å². The fraction of sp³-hybridized carbons (Fsp3) is 0.133. The summed E-state index contributed by atoms with van der Waals surface area (Å²) in [6.07, 6.45) is 0. The number of phenolic OH excluding ortho intramolecular Hbond substituents is 2. The number of aromatic hydroxyl groups is 2. The van der Waals surface area contributed by atoms with Crippen molar-refractivity contribution in [2.24, 2.45) is 5.73 Å². The molecule has 5 nitrogen and oxygen atoms in total. The van der Waals surface area contributed by atoms with Crippen molar-refractivity contribution in [1.82, 2.24) is 0 Å². The first kappa shape index (κ1) is 13.9. The molecule has 0 bridgehead atoms. The standard InChI is InChI=1S/C15H16N2O3/c1-9(16)11-4-2-3-5-12(11)17-15(20)10-6-7-13(18)14(19)8-10/h2-9,18-19H,16H2,1H3,(H,17,20). The van der Waals surface area contributed by atoms with Crippen molar-refractivity contribution in [3.8, 4) is 11.5 Å². The first-order valence-corrected chi connectivity index (χ1v) is 6.17. The number of hydrogen-bond acceptors (Lipinski definition) is 4. The summed E-state index contributed by atoms with van der Waals surface area (Å²) in [7, 11) is 0. The molecule has 0 heterocycles. The van der Waals surface area contributed by atoms with Gasteiger partial charge in [0.05, 0.1) is 0 Å². The first-order valence-electron chi connectivity index (χ1n) is 6.17. The van der Waals surface area contributed by atoms with E-state index < -0.39 is 0 Å². The van der Waals surface area contributed by atoms with Crippen LogP contribution < -0.4 is 11.1 Å². The van der Waals surface area contributed by atoms with Gasteiger partial charge < -0.3 is 21.3 Å². The molecule has 104 valence electrons. The number of anilines is 1. The molecule has 20 heavy (non-hydrogen) atoms. The third-order valence-electron chi connectivity index (χ3n) is 2.94. The van der Waals surface area contributed by atoms with Crippen LogP contribution in [0.2, 0.25) is 0 Å². The molecule has 0 radical (unpaired) electrons. The summed E-state index contributed by atoms with van der Waals surface area (Å²) >= 11 is 0. The van der Waals surface area contributed by atoms with E-state index in [4.69, 9.17) is 5.73 Å². The Balaban J connectivity index is 2.26. The van der Waals surface area contributed by atoms with Crippen LogP contribution in [-0.4, -0.2) is 16.1 Å². The quantitative estimate of drug-likeness (QED) is 0.645. The van der Waals surface area contributed by atoms with Gasteiger partial charge in [-0.25, -0.2) is 0 Å². The zero-order valence-electron chi connectivity index (χ0n) is 11.0. The molecule has 0 aliphatic heterocycles. The highest BCUT2D eigenvalue weighted by atomic mass is 16.3. The summed E-state index contributed by atoms with van der Waals surface area (Å²) in [6.45, 7) is 1.83. The first-order chi connectivity index (χ1) is 9.49. The van der Waals surface area contributed by atoms with Crippen LogP contribution in [0.15, 0.2) is 42.5 Å². The van der Waals surface area contributed by atoms with Crippen molar-refractivity contribution < 1.29 is 15.0 Å². The number of para-hydroxylation sites is 1. The molecule has 2 aromatic carbocycles.